The van der Waals surface area contributed by atoms with Gasteiger partial charge in [0.25, 0.3) is 5.69 Å². The Kier molecular flexibility index (Phi) is 2.12. The zero-order valence-electron chi connectivity index (χ0n) is 10.8. The van der Waals surface area contributed by atoms with Crippen molar-refractivity contribution in [1.29, 1.82) is 0 Å². The summed E-state index contributed by atoms with van der Waals surface area (Å²) in [6, 6.07) is 3.35. The maximum absolute atomic E-state index is 11.2. The second kappa shape index (κ2) is 4.41. The number of esters is 1. The SMILES string of the molecule is [2H]C([2H])([2H])Nc1ccc(C(=O)OC)cc1[N+](=O)[O-]. The van der Waals surface area contributed by atoms with Gasteiger partial charge in [-0.05, 0) is 12.1 Å². The molecule has 0 fully saturated rings. The average Bonchev–Trinajstić information content (AvgIpc) is 2.26. The van der Waals surface area contributed by atoms with Crippen LogP contribution in [0.3, 0.4) is 0 Å². The molecule has 0 spiro atoms. The first-order chi connectivity index (χ1) is 8.24. The van der Waals surface area contributed by atoms with E-state index in [0.717, 1.165) is 19.2 Å². The molecule has 0 atom stereocenters. The summed E-state index contributed by atoms with van der Waals surface area (Å²) in [6.07, 6.45) is 0. The van der Waals surface area contributed by atoms with Gasteiger partial charge in [-0.25, -0.2) is 4.79 Å². The van der Waals surface area contributed by atoms with Gasteiger partial charge in [-0.15, -0.1) is 0 Å². The fourth-order valence-electron chi connectivity index (χ4n) is 1.03. The summed E-state index contributed by atoms with van der Waals surface area (Å²) in [7, 11) is 1.14. The summed E-state index contributed by atoms with van der Waals surface area (Å²) in [5, 5.41) is 12.8. The fourth-order valence-corrected chi connectivity index (χ4v) is 1.03. The zero-order chi connectivity index (χ0) is 13.9. The topological polar surface area (TPSA) is 81.5 Å². The fraction of sp³-hybridized carbons (Fsp3) is 0.222. The molecule has 0 aliphatic heterocycles. The van der Waals surface area contributed by atoms with Gasteiger partial charge in [0, 0.05) is 17.2 Å². The lowest BCUT2D eigenvalue weighted by Gasteiger charge is -2.03. The van der Waals surface area contributed by atoms with Gasteiger partial charge in [0.15, 0.2) is 0 Å². The molecule has 1 N–H and O–H groups in total. The Morgan fingerprint density at radius 3 is 2.93 bits per heavy atom. The van der Waals surface area contributed by atoms with Crippen LogP contribution < -0.4 is 5.32 Å². The number of hydrogen-bond donors (Lipinski definition) is 1. The van der Waals surface area contributed by atoms with Crippen LogP contribution in [0.1, 0.15) is 14.5 Å². The van der Waals surface area contributed by atoms with Crippen LogP contribution in [0.5, 0.6) is 0 Å². The van der Waals surface area contributed by atoms with E-state index >= 15 is 0 Å². The van der Waals surface area contributed by atoms with E-state index < -0.39 is 23.6 Å². The lowest BCUT2D eigenvalue weighted by molar-refractivity contribution is -0.384. The van der Waals surface area contributed by atoms with Crippen molar-refractivity contribution in [3.8, 4) is 0 Å². The van der Waals surface area contributed by atoms with Crippen LogP contribution in [0.15, 0.2) is 18.2 Å². The number of hydrogen-bond acceptors (Lipinski definition) is 5. The number of carbonyl (C=O) groups is 1. The van der Waals surface area contributed by atoms with Gasteiger partial charge in [0.1, 0.15) is 5.69 Å². The monoisotopic (exact) mass is 213 g/mol. The Hall–Kier alpha value is -2.11. The molecule has 1 aromatic carbocycles. The molecule has 0 aromatic heterocycles. The third-order valence-corrected chi connectivity index (χ3v) is 1.75. The van der Waals surface area contributed by atoms with Gasteiger partial charge >= 0.3 is 5.97 Å². The number of nitro benzene ring substituents is 1. The first kappa shape index (κ1) is 7.22. The molecule has 0 unspecified atom stereocenters. The summed E-state index contributed by atoms with van der Waals surface area (Å²) in [5.41, 5.74) is -0.720. The molecule has 0 saturated heterocycles. The third kappa shape index (κ3) is 2.22. The molecule has 0 aliphatic rings. The van der Waals surface area contributed by atoms with Crippen molar-refractivity contribution < 1.29 is 18.6 Å². The van der Waals surface area contributed by atoms with Gasteiger partial charge < -0.3 is 10.1 Å². The normalized spacial score (nSPS) is 13.3. The minimum atomic E-state index is -2.56. The Balaban J connectivity index is 3.21. The van der Waals surface area contributed by atoms with Crippen molar-refractivity contribution in [3.63, 3.8) is 0 Å². The van der Waals surface area contributed by atoms with Crippen LogP contribution in [0.4, 0.5) is 11.4 Å². The Labute approximate surface area is 90.2 Å². The summed E-state index contributed by atoms with van der Waals surface area (Å²) >= 11 is 0. The van der Waals surface area contributed by atoms with Gasteiger partial charge in [0.05, 0.1) is 17.6 Å². The average molecular weight is 213 g/mol. The molecule has 6 heteroatoms. The van der Waals surface area contributed by atoms with Crippen LogP contribution in [0.25, 0.3) is 0 Å². The molecular weight excluding hydrogens is 200 g/mol. The number of anilines is 1. The Morgan fingerprint density at radius 1 is 1.67 bits per heavy atom. The summed E-state index contributed by atoms with van der Waals surface area (Å²) in [6.45, 7) is -2.56. The minimum absolute atomic E-state index is 0.0275. The van der Waals surface area contributed by atoms with Crippen LogP contribution in [-0.4, -0.2) is 25.0 Å². The van der Waals surface area contributed by atoms with Crippen molar-refractivity contribution >= 4 is 17.3 Å². The van der Waals surface area contributed by atoms with Crippen LogP contribution in [-0.2, 0) is 4.74 Å². The molecule has 80 valence electrons. The molecule has 0 heterocycles. The second-order valence-electron chi connectivity index (χ2n) is 2.61. The number of benzene rings is 1. The lowest BCUT2D eigenvalue weighted by Crippen LogP contribution is -2.03. The van der Waals surface area contributed by atoms with Crippen LogP contribution in [0, 0.1) is 10.1 Å². The van der Waals surface area contributed by atoms with Crippen molar-refractivity contribution in [3.05, 3.63) is 33.9 Å². The summed E-state index contributed by atoms with van der Waals surface area (Å²) in [4.78, 5) is 21.2. The lowest BCUT2D eigenvalue weighted by atomic mass is 10.2. The van der Waals surface area contributed by atoms with Gasteiger partial charge in [0.2, 0.25) is 0 Å². The number of nitrogens with one attached hydrogen (secondary N) is 1. The van der Waals surface area contributed by atoms with E-state index in [4.69, 9.17) is 4.11 Å². The quantitative estimate of drug-likeness (QED) is 0.466. The van der Waals surface area contributed by atoms with E-state index in [1.165, 1.54) is 6.07 Å². The first-order valence-electron chi connectivity index (χ1n) is 5.39. The first-order valence-corrected chi connectivity index (χ1v) is 3.89. The number of ether oxygens (including phenoxy) is 1. The highest BCUT2D eigenvalue weighted by molar-refractivity contribution is 5.91. The molecule has 1 rings (SSSR count). The Bertz CT molecular complexity index is 487. The summed E-state index contributed by atoms with van der Waals surface area (Å²) in [5.74, 6) is -0.737. The molecule has 1 aromatic rings. The van der Waals surface area contributed by atoms with Crippen molar-refractivity contribution in [1.82, 2.24) is 0 Å². The third-order valence-electron chi connectivity index (χ3n) is 1.75. The molecule has 0 amide bonds. The molecule has 0 radical (unpaired) electrons. The number of methoxy groups -OCH3 is 1. The highest BCUT2D eigenvalue weighted by Crippen LogP contribution is 2.25. The number of nitro groups is 1. The highest BCUT2D eigenvalue weighted by Gasteiger charge is 2.16. The molecule has 15 heavy (non-hydrogen) atoms. The smallest absolute Gasteiger partial charge is 0.338 e. The van der Waals surface area contributed by atoms with Crippen LogP contribution >= 0.6 is 0 Å². The van der Waals surface area contributed by atoms with Gasteiger partial charge in [-0.3, -0.25) is 10.1 Å². The summed E-state index contributed by atoms with van der Waals surface area (Å²) < 4.78 is 25.4. The number of carbonyl (C=O) groups excluding carboxylic acids is 1. The standard InChI is InChI=1S/C9H10N2O4/c1-10-7-4-3-6(9(12)15-2)5-8(7)11(13)14/h3-5,10H,1-2H3/i1D3. The minimum Gasteiger partial charge on any atom is -0.465 e. The molecule has 0 saturated carbocycles. The van der Waals surface area contributed by atoms with Crippen molar-refractivity contribution in [2.45, 2.75) is 0 Å². The van der Waals surface area contributed by atoms with E-state index in [-0.39, 0.29) is 11.3 Å². The Morgan fingerprint density at radius 2 is 2.40 bits per heavy atom. The molecule has 0 bridgehead atoms. The van der Waals surface area contributed by atoms with E-state index in [2.05, 4.69) is 4.74 Å². The molecular formula is C9H10N2O4. The molecule has 6 nitrogen and oxygen atoms in total. The zero-order valence-corrected chi connectivity index (χ0v) is 7.81. The largest absolute Gasteiger partial charge is 0.465 e. The van der Waals surface area contributed by atoms with Crippen molar-refractivity contribution in [2.24, 2.45) is 0 Å². The maximum Gasteiger partial charge on any atom is 0.338 e. The van der Waals surface area contributed by atoms with Gasteiger partial charge in [-0.1, -0.05) is 0 Å². The van der Waals surface area contributed by atoms with E-state index in [9.17, 15) is 14.9 Å². The maximum atomic E-state index is 11.2. The second-order valence-corrected chi connectivity index (χ2v) is 2.61. The van der Waals surface area contributed by atoms with E-state index in [1.54, 1.807) is 0 Å². The van der Waals surface area contributed by atoms with Gasteiger partial charge in [-0.2, -0.15) is 0 Å². The highest BCUT2D eigenvalue weighted by atomic mass is 16.6. The number of nitrogens with zero attached hydrogens (tertiary/aromatic N) is 1. The van der Waals surface area contributed by atoms with Crippen molar-refractivity contribution in [2.75, 3.05) is 19.4 Å². The predicted molar refractivity (Wildman–Crippen MR) is 54.0 cm³/mol. The van der Waals surface area contributed by atoms with Crippen LogP contribution in [0.2, 0.25) is 0 Å². The van der Waals surface area contributed by atoms with E-state index in [0.29, 0.717) is 0 Å². The predicted octanol–water partition coefficient (Wildman–Crippen LogP) is 1.42. The van der Waals surface area contributed by atoms with E-state index in [1.807, 2.05) is 5.32 Å². The molecule has 0 aliphatic carbocycles. The number of rotatable bonds is 3.